The van der Waals surface area contributed by atoms with Crippen molar-refractivity contribution in [3.63, 3.8) is 0 Å². The highest BCUT2D eigenvalue weighted by Gasteiger charge is 2.14. The number of nitrogens with one attached hydrogen (secondary N) is 1. The molecule has 0 saturated heterocycles. The number of rotatable bonds is 6. The molecule has 134 valence electrons. The maximum absolute atomic E-state index is 12.3. The van der Waals surface area contributed by atoms with Gasteiger partial charge >= 0.3 is 0 Å². The number of aromatic nitrogens is 2. The molecule has 2 aromatic carbocycles. The second-order valence-corrected chi connectivity index (χ2v) is 6.51. The first kappa shape index (κ1) is 18.1. The van der Waals surface area contributed by atoms with Crippen molar-refractivity contribution in [2.24, 2.45) is 0 Å². The van der Waals surface area contributed by atoms with Crippen molar-refractivity contribution in [3.8, 4) is 0 Å². The standard InChI is InChI=1S/C20H20ClN3O2/c1-2-19(25)24(12-11-14-7-9-15(21)10-8-14)13-18-22-17-6-4-3-5-16(17)20(26)23-18/h3-10H,2,11-13H2,1H3,(H,22,23,26). The van der Waals surface area contributed by atoms with Crippen LogP contribution < -0.4 is 5.56 Å². The van der Waals surface area contributed by atoms with Gasteiger partial charge in [0.05, 0.1) is 17.4 Å². The van der Waals surface area contributed by atoms with E-state index in [1.807, 2.05) is 37.3 Å². The molecule has 1 N–H and O–H groups in total. The summed E-state index contributed by atoms with van der Waals surface area (Å²) in [6, 6.07) is 14.8. The summed E-state index contributed by atoms with van der Waals surface area (Å²) in [4.78, 5) is 33.5. The fraction of sp³-hybridized carbons (Fsp3) is 0.250. The Morgan fingerprint density at radius 2 is 1.88 bits per heavy atom. The number of halogens is 1. The van der Waals surface area contributed by atoms with E-state index in [0.29, 0.717) is 41.1 Å². The molecule has 0 aliphatic carbocycles. The van der Waals surface area contributed by atoms with Crippen LogP contribution in [-0.4, -0.2) is 27.3 Å². The second kappa shape index (κ2) is 8.15. The largest absolute Gasteiger partial charge is 0.335 e. The molecule has 0 radical (unpaired) electrons. The van der Waals surface area contributed by atoms with E-state index in [1.54, 1.807) is 23.1 Å². The Kier molecular flexibility index (Phi) is 5.68. The number of aromatic amines is 1. The predicted molar refractivity (Wildman–Crippen MR) is 103 cm³/mol. The molecule has 0 fully saturated rings. The molecular formula is C20H20ClN3O2. The highest BCUT2D eigenvalue weighted by Crippen LogP contribution is 2.12. The van der Waals surface area contributed by atoms with Crippen LogP contribution in [0.4, 0.5) is 0 Å². The number of H-pyrrole nitrogens is 1. The molecule has 1 heterocycles. The van der Waals surface area contributed by atoms with Gasteiger partial charge in [-0.2, -0.15) is 0 Å². The highest BCUT2D eigenvalue weighted by atomic mass is 35.5. The minimum atomic E-state index is -0.188. The Balaban J connectivity index is 1.79. The zero-order valence-corrected chi connectivity index (χ0v) is 15.3. The van der Waals surface area contributed by atoms with Gasteiger partial charge in [-0.05, 0) is 36.2 Å². The molecule has 3 rings (SSSR count). The van der Waals surface area contributed by atoms with Gasteiger partial charge in [0.2, 0.25) is 5.91 Å². The zero-order chi connectivity index (χ0) is 18.5. The summed E-state index contributed by atoms with van der Waals surface area (Å²) in [7, 11) is 0. The summed E-state index contributed by atoms with van der Waals surface area (Å²) in [5.74, 6) is 0.515. The molecule has 6 heteroatoms. The lowest BCUT2D eigenvalue weighted by atomic mass is 10.1. The Morgan fingerprint density at radius 1 is 1.15 bits per heavy atom. The van der Waals surface area contributed by atoms with Crippen LogP contribution in [0.3, 0.4) is 0 Å². The van der Waals surface area contributed by atoms with E-state index < -0.39 is 0 Å². The first-order valence-electron chi connectivity index (χ1n) is 8.57. The third-order valence-corrected chi connectivity index (χ3v) is 4.49. The molecule has 1 amide bonds. The van der Waals surface area contributed by atoms with Gasteiger partial charge in [-0.15, -0.1) is 0 Å². The van der Waals surface area contributed by atoms with Crippen molar-refractivity contribution in [2.45, 2.75) is 26.3 Å². The van der Waals surface area contributed by atoms with E-state index in [4.69, 9.17) is 11.6 Å². The fourth-order valence-corrected chi connectivity index (χ4v) is 2.95. The number of carbonyl (C=O) groups is 1. The summed E-state index contributed by atoms with van der Waals surface area (Å²) >= 11 is 5.91. The lowest BCUT2D eigenvalue weighted by molar-refractivity contribution is -0.131. The van der Waals surface area contributed by atoms with Gasteiger partial charge in [-0.3, -0.25) is 9.59 Å². The van der Waals surface area contributed by atoms with Gasteiger partial charge in [0.25, 0.3) is 5.56 Å². The first-order chi connectivity index (χ1) is 12.6. The van der Waals surface area contributed by atoms with Crippen LogP contribution >= 0.6 is 11.6 Å². The topological polar surface area (TPSA) is 66.1 Å². The zero-order valence-electron chi connectivity index (χ0n) is 14.5. The average molecular weight is 370 g/mol. The van der Waals surface area contributed by atoms with Crippen molar-refractivity contribution in [3.05, 3.63) is 75.3 Å². The van der Waals surface area contributed by atoms with E-state index >= 15 is 0 Å². The van der Waals surface area contributed by atoms with Crippen LogP contribution in [0.1, 0.15) is 24.7 Å². The first-order valence-corrected chi connectivity index (χ1v) is 8.94. The number of amides is 1. The maximum Gasteiger partial charge on any atom is 0.258 e. The Hall–Kier alpha value is -2.66. The van der Waals surface area contributed by atoms with Crippen molar-refractivity contribution < 1.29 is 4.79 Å². The Labute approximate surface area is 156 Å². The molecular weight excluding hydrogens is 350 g/mol. The van der Waals surface area contributed by atoms with Crippen LogP contribution in [-0.2, 0) is 17.8 Å². The third kappa shape index (κ3) is 4.29. The van der Waals surface area contributed by atoms with E-state index in [1.165, 1.54) is 0 Å². The normalized spacial score (nSPS) is 10.8. The Bertz CT molecular complexity index is 967. The van der Waals surface area contributed by atoms with Crippen LogP contribution in [0.5, 0.6) is 0 Å². The predicted octanol–water partition coefficient (Wildman–Crippen LogP) is 3.56. The molecule has 0 unspecified atom stereocenters. The number of benzene rings is 2. The van der Waals surface area contributed by atoms with Crippen LogP contribution in [0, 0.1) is 0 Å². The molecule has 0 saturated carbocycles. The Morgan fingerprint density at radius 3 is 2.62 bits per heavy atom. The van der Waals surface area contributed by atoms with E-state index in [-0.39, 0.29) is 18.0 Å². The smallest absolute Gasteiger partial charge is 0.258 e. The lowest BCUT2D eigenvalue weighted by Crippen LogP contribution is -2.33. The molecule has 5 nitrogen and oxygen atoms in total. The number of nitrogens with zero attached hydrogens (tertiary/aromatic N) is 2. The average Bonchev–Trinajstić information content (AvgIpc) is 2.66. The quantitative estimate of drug-likeness (QED) is 0.722. The van der Waals surface area contributed by atoms with Crippen molar-refractivity contribution >= 4 is 28.4 Å². The van der Waals surface area contributed by atoms with Gasteiger partial charge in [0.15, 0.2) is 0 Å². The number of carbonyl (C=O) groups excluding carboxylic acids is 1. The molecule has 0 aliphatic heterocycles. The van der Waals surface area contributed by atoms with Gasteiger partial charge < -0.3 is 9.88 Å². The fourth-order valence-electron chi connectivity index (χ4n) is 2.82. The van der Waals surface area contributed by atoms with E-state index in [9.17, 15) is 9.59 Å². The van der Waals surface area contributed by atoms with Crippen LogP contribution in [0.25, 0.3) is 10.9 Å². The van der Waals surface area contributed by atoms with Gasteiger partial charge in [0.1, 0.15) is 5.82 Å². The second-order valence-electron chi connectivity index (χ2n) is 6.08. The minimum absolute atomic E-state index is 0.0229. The van der Waals surface area contributed by atoms with E-state index in [0.717, 1.165) is 5.56 Å². The number of hydrogen-bond acceptors (Lipinski definition) is 3. The highest BCUT2D eigenvalue weighted by molar-refractivity contribution is 6.30. The molecule has 0 aliphatic rings. The molecule has 1 aromatic heterocycles. The third-order valence-electron chi connectivity index (χ3n) is 4.24. The SMILES string of the molecule is CCC(=O)N(CCc1ccc(Cl)cc1)Cc1nc2ccccc2c(=O)[nH]1. The summed E-state index contributed by atoms with van der Waals surface area (Å²) in [5.41, 5.74) is 1.54. The van der Waals surface area contributed by atoms with Gasteiger partial charge in [0, 0.05) is 18.0 Å². The van der Waals surface area contributed by atoms with Crippen LogP contribution in [0.2, 0.25) is 5.02 Å². The monoisotopic (exact) mass is 369 g/mol. The molecule has 0 spiro atoms. The van der Waals surface area contributed by atoms with Gasteiger partial charge in [-0.25, -0.2) is 4.98 Å². The summed E-state index contributed by atoms with van der Waals surface area (Å²) in [5, 5.41) is 1.24. The summed E-state index contributed by atoms with van der Waals surface area (Å²) < 4.78 is 0. The molecule has 26 heavy (non-hydrogen) atoms. The van der Waals surface area contributed by atoms with Crippen molar-refractivity contribution in [2.75, 3.05) is 6.54 Å². The lowest BCUT2D eigenvalue weighted by Gasteiger charge is -2.22. The van der Waals surface area contributed by atoms with Crippen molar-refractivity contribution in [1.29, 1.82) is 0 Å². The van der Waals surface area contributed by atoms with Crippen molar-refractivity contribution in [1.82, 2.24) is 14.9 Å². The van der Waals surface area contributed by atoms with E-state index in [2.05, 4.69) is 9.97 Å². The minimum Gasteiger partial charge on any atom is -0.335 e. The molecule has 3 aromatic rings. The number of hydrogen-bond donors (Lipinski definition) is 1. The number of para-hydroxylation sites is 1. The molecule has 0 atom stereocenters. The summed E-state index contributed by atoms with van der Waals surface area (Å²) in [6.07, 6.45) is 1.11. The number of fused-ring (bicyclic) bond motifs is 1. The van der Waals surface area contributed by atoms with Gasteiger partial charge in [-0.1, -0.05) is 42.8 Å². The van der Waals surface area contributed by atoms with Crippen LogP contribution in [0.15, 0.2) is 53.3 Å². The maximum atomic E-state index is 12.3. The summed E-state index contributed by atoms with van der Waals surface area (Å²) in [6.45, 7) is 2.65. The molecule has 0 bridgehead atoms.